The van der Waals surface area contributed by atoms with Gasteiger partial charge in [0.05, 0.1) is 22.6 Å². The van der Waals surface area contributed by atoms with Gasteiger partial charge < -0.3 is 5.32 Å². The number of nitrogens with zero attached hydrogens (tertiary/aromatic N) is 3. The van der Waals surface area contributed by atoms with Crippen molar-refractivity contribution in [2.75, 3.05) is 0 Å². The Balaban J connectivity index is 1.07. The third kappa shape index (κ3) is 6.85. The predicted molar refractivity (Wildman–Crippen MR) is 240 cm³/mol. The lowest BCUT2D eigenvalue weighted by atomic mass is 9.66. The Kier molecular flexibility index (Phi) is 9.36. The summed E-state index contributed by atoms with van der Waals surface area (Å²) in [6, 6.07) is 24.0. The van der Waals surface area contributed by atoms with Crippen LogP contribution in [0.15, 0.2) is 194 Å². The van der Waals surface area contributed by atoms with Gasteiger partial charge in [0.2, 0.25) is 0 Å². The Bertz CT molecular complexity index is 2600. The number of hydrogen-bond donors (Lipinski definition) is 1. The molecule has 0 radical (unpaired) electrons. The largest absolute Gasteiger partial charge is 0.382 e. The van der Waals surface area contributed by atoms with E-state index in [1.54, 1.807) is 0 Å². The zero-order valence-electron chi connectivity index (χ0n) is 33.4. The van der Waals surface area contributed by atoms with Crippen molar-refractivity contribution in [3.05, 3.63) is 222 Å². The zero-order chi connectivity index (χ0) is 39.1. The molecular weight excluding hydrogens is 705 g/mol. The maximum Gasteiger partial charge on any atom is 0.155 e. The summed E-state index contributed by atoms with van der Waals surface area (Å²) in [7, 11) is 0. The summed E-state index contributed by atoms with van der Waals surface area (Å²) in [6.07, 6.45) is 47.0. The molecule has 5 aliphatic carbocycles. The first-order valence-electron chi connectivity index (χ1n) is 21.1. The lowest BCUT2D eigenvalue weighted by molar-refractivity contribution is 0.331. The Morgan fingerprint density at radius 2 is 1.57 bits per heavy atom. The molecule has 1 N–H and O–H groups in total. The number of aromatic nitrogens is 3. The van der Waals surface area contributed by atoms with Crippen LogP contribution in [-0.2, 0) is 0 Å². The second-order valence-corrected chi connectivity index (χ2v) is 17.2. The van der Waals surface area contributed by atoms with Gasteiger partial charge in [-0.05, 0) is 108 Å². The second-order valence-electron chi connectivity index (χ2n) is 17.2. The van der Waals surface area contributed by atoms with Gasteiger partial charge in [-0.25, -0.2) is 9.97 Å². The van der Waals surface area contributed by atoms with Crippen molar-refractivity contribution in [2.24, 2.45) is 17.3 Å². The molecule has 0 bridgehead atoms. The van der Waals surface area contributed by atoms with Gasteiger partial charge in [-0.15, -0.1) is 0 Å². The minimum atomic E-state index is -0.0859. The van der Waals surface area contributed by atoms with E-state index in [9.17, 15) is 0 Å². The van der Waals surface area contributed by atoms with Gasteiger partial charge in [0.1, 0.15) is 0 Å². The molecule has 0 spiro atoms. The summed E-state index contributed by atoms with van der Waals surface area (Å²) >= 11 is 0. The molecule has 0 saturated heterocycles. The fraction of sp³-hybridized carbons (Fsp3) is 0.241. The van der Waals surface area contributed by atoms with E-state index >= 15 is 0 Å². The Labute approximate surface area is 343 Å². The second kappa shape index (κ2) is 15.0. The highest BCUT2D eigenvalue weighted by Gasteiger charge is 2.37. The summed E-state index contributed by atoms with van der Waals surface area (Å²) in [5.74, 6) is 2.04. The molecule has 58 heavy (non-hydrogen) atoms. The average molecular weight is 755 g/mol. The summed E-state index contributed by atoms with van der Waals surface area (Å²) in [5.41, 5.74) is 9.39. The standard InChI is InChI=1S/C54H50N4/c1-53-28-7-5-18-48(53)47(17-12-29-53)42-33-41(46-16-11-14-37-13-3-4-15-45(37)46)34-43(35-42)52-57-50(39-22-20-38(21-23-39)49-19-6-9-31-55-49)36-51(58-52)40-24-26-44(27-25-40)54(2)30-8-10-32-56-54/h3-22,24,26,28-33,35-36,39-41,44,48,56H,23,25,27,34H2,1-2H3. The molecule has 7 unspecified atom stereocenters. The van der Waals surface area contributed by atoms with Gasteiger partial charge in [0, 0.05) is 41.2 Å². The Hall–Kier alpha value is -6.13. The van der Waals surface area contributed by atoms with Crippen molar-refractivity contribution in [3.63, 3.8) is 0 Å². The number of nitrogens with one attached hydrogen (secondary N) is 1. The first-order chi connectivity index (χ1) is 28.4. The molecule has 0 fully saturated rings. The first kappa shape index (κ1) is 36.2. The average Bonchev–Trinajstić information content (AvgIpc) is 3.28. The SMILES string of the molecule is CC12C=CC=CC1C(C1=CC(c3cccc4ccccc34)CC(c3nc(C4C=CC(c5ccccn5)=CC4)cc(C4C=CC(C5(C)C=CC=CN5)CC4)n3)=C1)=CC=C2. The van der Waals surface area contributed by atoms with Gasteiger partial charge in [-0.3, -0.25) is 4.98 Å². The number of pyridine rings is 1. The molecule has 4 nitrogen and oxygen atoms in total. The van der Waals surface area contributed by atoms with Crippen LogP contribution in [-0.4, -0.2) is 20.5 Å². The molecule has 2 aromatic heterocycles. The third-order valence-electron chi connectivity index (χ3n) is 13.4. The molecule has 4 heteroatoms. The maximum absolute atomic E-state index is 5.55. The molecule has 6 aliphatic rings. The molecule has 1 aliphatic heterocycles. The van der Waals surface area contributed by atoms with E-state index in [1.165, 1.54) is 33.1 Å². The van der Waals surface area contributed by atoms with Crippen molar-refractivity contribution in [1.29, 1.82) is 0 Å². The van der Waals surface area contributed by atoms with E-state index in [-0.39, 0.29) is 34.6 Å². The molecule has 286 valence electrons. The summed E-state index contributed by atoms with van der Waals surface area (Å²) in [5, 5.41) is 6.21. The van der Waals surface area contributed by atoms with Crippen LogP contribution < -0.4 is 5.32 Å². The van der Waals surface area contributed by atoms with Crippen LogP contribution in [0.2, 0.25) is 0 Å². The minimum Gasteiger partial charge on any atom is -0.382 e. The van der Waals surface area contributed by atoms with Crippen LogP contribution in [0.25, 0.3) is 21.9 Å². The van der Waals surface area contributed by atoms with Crippen molar-refractivity contribution < 1.29 is 0 Å². The molecule has 7 atom stereocenters. The lowest BCUT2D eigenvalue weighted by Crippen LogP contribution is -2.45. The smallest absolute Gasteiger partial charge is 0.155 e. The van der Waals surface area contributed by atoms with Crippen LogP contribution in [0.4, 0.5) is 0 Å². The third-order valence-corrected chi connectivity index (χ3v) is 13.4. The van der Waals surface area contributed by atoms with E-state index < -0.39 is 0 Å². The van der Waals surface area contributed by atoms with E-state index in [0.717, 1.165) is 54.2 Å². The number of hydrogen-bond acceptors (Lipinski definition) is 4. The maximum atomic E-state index is 5.55. The minimum absolute atomic E-state index is 0.0694. The highest BCUT2D eigenvalue weighted by molar-refractivity contribution is 5.87. The lowest BCUT2D eigenvalue weighted by Gasteiger charge is -2.38. The summed E-state index contributed by atoms with van der Waals surface area (Å²) in [4.78, 5) is 15.7. The highest BCUT2D eigenvalue weighted by atomic mass is 15.0. The Morgan fingerprint density at radius 1 is 0.724 bits per heavy atom. The van der Waals surface area contributed by atoms with Crippen LogP contribution in [0.3, 0.4) is 0 Å². The summed E-state index contributed by atoms with van der Waals surface area (Å²) in [6.45, 7) is 4.65. The van der Waals surface area contributed by atoms with Gasteiger partial charge in [0.25, 0.3) is 0 Å². The normalized spacial score (nSPS) is 29.7. The van der Waals surface area contributed by atoms with Crippen molar-refractivity contribution in [2.45, 2.75) is 62.8 Å². The van der Waals surface area contributed by atoms with Crippen molar-refractivity contribution in [3.8, 4) is 0 Å². The monoisotopic (exact) mass is 754 g/mol. The molecular formula is C54H50N4. The summed E-state index contributed by atoms with van der Waals surface area (Å²) < 4.78 is 0. The fourth-order valence-electron chi connectivity index (χ4n) is 9.96. The van der Waals surface area contributed by atoms with Crippen LogP contribution in [0, 0.1) is 17.3 Å². The van der Waals surface area contributed by atoms with E-state index in [4.69, 9.17) is 9.97 Å². The van der Waals surface area contributed by atoms with E-state index in [0.29, 0.717) is 5.92 Å². The number of rotatable bonds is 7. The van der Waals surface area contributed by atoms with Gasteiger partial charge in [-0.2, -0.15) is 0 Å². The molecule has 2 aromatic carbocycles. The molecule has 0 amide bonds. The molecule has 0 saturated carbocycles. The topological polar surface area (TPSA) is 50.7 Å². The van der Waals surface area contributed by atoms with Crippen molar-refractivity contribution in [1.82, 2.24) is 20.3 Å². The van der Waals surface area contributed by atoms with Gasteiger partial charge in [-0.1, -0.05) is 147 Å². The number of fused-ring (bicyclic) bond motifs is 2. The quantitative estimate of drug-likeness (QED) is 0.191. The highest BCUT2D eigenvalue weighted by Crippen LogP contribution is 2.48. The van der Waals surface area contributed by atoms with Crippen LogP contribution >= 0.6 is 0 Å². The zero-order valence-corrected chi connectivity index (χ0v) is 33.4. The van der Waals surface area contributed by atoms with Gasteiger partial charge in [0.15, 0.2) is 5.82 Å². The van der Waals surface area contributed by atoms with Gasteiger partial charge >= 0.3 is 0 Å². The van der Waals surface area contributed by atoms with Crippen LogP contribution in [0.5, 0.6) is 0 Å². The van der Waals surface area contributed by atoms with E-state index in [2.05, 4.69) is 194 Å². The predicted octanol–water partition coefficient (Wildman–Crippen LogP) is 12.4. The fourth-order valence-corrected chi connectivity index (χ4v) is 9.96. The van der Waals surface area contributed by atoms with Crippen LogP contribution in [0.1, 0.15) is 85.8 Å². The number of benzene rings is 2. The molecule has 3 heterocycles. The number of allylic oxidation sites excluding steroid dienone is 19. The number of dihydropyridines is 1. The molecule has 10 rings (SSSR count). The van der Waals surface area contributed by atoms with Crippen molar-refractivity contribution >= 4 is 21.9 Å². The van der Waals surface area contributed by atoms with E-state index in [1.807, 2.05) is 12.3 Å². The first-order valence-corrected chi connectivity index (χ1v) is 21.1. The Morgan fingerprint density at radius 3 is 2.38 bits per heavy atom. The molecule has 4 aromatic rings.